The highest BCUT2D eigenvalue weighted by Gasteiger charge is 2.68. The zero-order valence-corrected chi connectivity index (χ0v) is 37.7. The predicted molar refractivity (Wildman–Crippen MR) is 259 cm³/mol. The lowest BCUT2D eigenvalue weighted by Gasteiger charge is -2.57. The summed E-state index contributed by atoms with van der Waals surface area (Å²) in [5.41, 5.74) is 34.8. The largest absolute Gasteiger partial charge is 0.481 e. The van der Waals surface area contributed by atoms with Crippen molar-refractivity contribution < 1.29 is 34.8 Å². The molecule has 0 bridgehead atoms. The molecule has 68 heavy (non-hydrogen) atoms. The molecule has 6 rings (SSSR count). The molecule has 0 aliphatic rings. The standard InChI is InChI=1S/C53H58N8O7/c1-34(54)41(35-21-9-3-10-22-35)42(45(62)63)43(36-23-11-4-12-24-36)52(56,68)44(37-25-13-5-14-26-37)53(57,58)50(48(66)67,39-29-17-7-18-30-39)33-51(55,40-31-19-8-20-32-40)46(64)49(2,47(65)60-61-59)38-27-15-6-16-28-38/h3-32,34,41-44,46,64,68H,33,54-58H2,1-2H3,(H,62,63)(H,66,67). The van der Waals surface area contributed by atoms with E-state index in [2.05, 4.69) is 10.0 Å². The van der Waals surface area contributed by atoms with Gasteiger partial charge in [0.05, 0.1) is 34.6 Å². The number of amides is 1. The molecule has 15 nitrogen and oxygen atoms in total. The number of benzene rings is 6. The number of hydrogen-bond donors (Lipinski definition) is 9. The molecular formula is C53H58N8O7. The van der Waals surface area contributed by atoms with E-state index in [1.54, 1.807) is 153 Å². The summed E-state index contributed by atoms with van der Waals surface area (Å²) in [4.78, 5) is 46.0. The minimum absolute atomic E-state index is 0.0567. The highest BCUT2D eigenvalue weighted by molar-refractivity contribution is 5.90. The van der Waals surface area contributed by atoms with E-state index in [4.69, 9.17) is 28.7 Å². The number of hydrogen-bond acceptors (Lipinski definition) is 10. The van der Waals surface area contributed by atoms with E-state index in [9.17, 15) is 35.5 Å². The van der Waals surface area contributed by atoms with Crippen molar-refractivity contribution in [2.75, 3.05) is 0 Å². The number of aliphatic hydroxyl groups is 2. The van der Waals surface area contributed by atoms with Gasteiger partial charge < -0.3 is 49.1 Å². The fourth-order valence-electron chi connectivity index (χ4n) is 10.4. The van der Waals surface area contributed by atoms with Crippen molar-refractivity contribution >= 4 is 17.8 Å². The molecule has 0 aliphatic heterocycles. The maximum atomic E-state index is 15.0. The van der Waals surface area contributed by atoms with Gasteiger partial charge in [0.15, 0.2) is 0 Å². The van der Waals surface area contributed by atoms with E-state index in [-0.39, 0.29) is 27.8 Å². The number of carbonyl (C=O) groups is 3. The third-order valence-electron chi connectivity index (χ3n) is 13.7. The third kappa shape index (κ3) is 9.17. The number of nitrogens with two attached hydrogens (primary N) is 5. The predicted octanol–water partition coefficient (Wildman–Crippen LogP) is 6.07. The van der Waals surface area contributed by atoms with Gasteiger partial charge in [-0.25, -0.2) is 0 Å². The second-order valence-electron chi connectivity index (χ2n) is 17.8. The maximum Gasteiger partial charge on any atom is 0.317 e. The first kappa shape index (κ1) is 50.4. The van der Waals surface area contributed by atoms with Gasteiger partial charge in [-0.3, -0.25) is 14.4 Å². The quantitative estimate of drug-likeness (QED) is 0.0182. The number of carbonyl (C=O) groups excluding carboxylic acids is 1. The molecule has 0 saturated carbocycles. The molecule has 0 spiro atoms. The van der Waals surface area contributed by atoms with Crippen molar-refractivity contribution in [2.45, 2.75) is 77.9 Å². The molecule has 0 heterocycles. The fourth-order valence-corrected chi connectivity index (χ4v) is 10.4. The Kier molecular flexibility index (Phi) is 15.1. The van der Waals surface area contributed by atoms with Gasteiger partial charge in [0.2, 0.25) is 5.91 Å². The smallest absolute Gasteiger partial charge is 0.317 e. The maximum absolute atomic E-state index is 15.0. The summed E-state index contributed by atoms with van der Waals surface area (Å²) in [5, 5.41) is 53.9. The average molecular weight is 919 g/mol. The van der Waals surface area contributed by atoms with Gasteiger partial charge in [0.25, 0.3) is 0 Å². The molecule has 6 aromatic rings. The van der Waals surface area contributed by atoms with Crippen LogP contribution in [0.2, 0.25) is 0 Å². The topological polar surface area (TPSA) is 311 Å². The molecule has 0 aliphatic carbocycles. The van der Waals surface area contributed by atoms with Gasteiger partial charge in [-0.1, -0.05) is 182 Å². The molecule has 352 valence electrons. The van der Waals surface area contributed by atoms with Gasteiger partial charge in [0.1, 0.15) is 11.1 Å². The Balaban J connectivity index is 1.73. The highest BCUT2D eigenvalue weighted by Crippen LogP contribution is 2.55. The zero-order valence-electron chi connectivity index (χ0n) is 37.7. The van der Waals surface area contributed by atoms with Gasteiger partial charge >= 0.3 is 11.9 Å². The van der Waals surface area contributed by atoms with Crippen LogP contribution in [0.4, 0.5) is 0 Å². The van der Waals surface area contributed by atoms with Crippen molar-refractivity contribution in [1.29, 1.82) is 0 Å². The lowest BCUT2D eigenvalue weighted by molar-refractivity contribution is -0.157. The van der Waals surface area contributed by atoms with E-state index in [0.717, 1.165) is 0 Å². The van der Waals surface area contributed by atoms with Crippen LogP contribution in [0, 0.1) is 5.92 Å². The summed E-state index contributed by atoms with van der Waals surface area (Å²) in [7, 11) is 0. The summed E-state index contributed by atoms with van der Waals surface area (Å²) >= 11 is 0. The Morgan fingerprint density at radius 3 is 1.44 bits per heavy atom. The number of carboxylic acid groups (broad SMARTS) is 2. The lowest BCUT2D eigenvalue weighted by atomic mass is 9.53. The summed E-state index contributed by atoms with van der Waals surface area (Å²) in [6.45, 7) is 2.98. The minimum atomic E-state index is -2.90. The van der Waals surface area contributed by atoms with Crippen LogP contribution in [-0.4, -0.2) is 61.8 Å². The van der Waals surface area contributed by atoms with Gasteiger partial charge in [-0.15, -0.1) is 0 Å². The molecule has 0 aromatic heterocycles. The summed E-state index contributed by atoms with van der Waals surface area (Å²) in [6, 6.07) is 47.5. The molecule has 6 aromatic carbocycles. The summed E-state index contributed by atoms with van der Waals surface area (Å²) in [6.07, 6.45) is -3.04. The SMILES string of the molecule is CC(N)C(c1ccccc1)C(C(=O)O)C(c1ccccc1)C(N)(O)C(c1ccccc1)C(N)(N)C(CC(N)(c1ccccc1)C(O)C(C)(C(=O)N=[N+]=[N-])c1ccccc1)(C(=O)O)c1ccccc1. The van der Waals surface area contributed by atoms with E-state index in [1.807, 2.05) is 0 Å². The molecule has 1 amide bonds. The summed E-state index contributed by atoms with van der Waals surface area (Å²) < 4.78 is 0. The van der Waals surface area contributed by atoms with Crippen LogP contribution in [0.15, 0.2) is 187 Å². The van der Waals surface area contributed by atoms with E-state index in [0.29, 0.717) is 5.56 Å². The molecule has 14 N–H and O–H groups in total. The van der Waals surface area contributed by atoms with Crippen LogP contribution in [0.1, 0.15) is 71.4 Å². The van der Waals surface area contributed by atoms with Crippen molar-refractivity contribution in [3.63, 3.8) is 0 Å². The van der Waals surface area contributed by atoms with E-state index < -0.39 is 87.8 Å². The lowest BCUT2D eigenvalue weighted by Crippen LogP contribution is -2.78. The molecule has 0 radical (unpaired) electrons. The monoisotopic (exact) mass is 918 g/mol. The molecular weight excluding hydrogens is 861 g/mol. The van der Waals surface area contributed by atoms with Crippen LogP contribution >= 0.6 is 0 Å². The van der Waals surface area contributed by atoms with Crippen LogP contribution < -0.4 is 28.7 Å². The second kappa shape index (κ2) is 20.4. The van der Waals surface area contributed by atoms with Crippen LogP contribution in [0.25, 0.3) is 10.4 Å². The normalized spacial score (nSPS) is 18.0. The van der Waals surface area contributed by atoms with Crippen LogP contribution in [0.5, 0.6) is 0 Å². The summed E-state index contributed by atoms with van der Waals surface area (Å²) in [5.74, 6) is -10.4. The number of nitrogens with zero attached hydrogens (tertiary/aromatic N) is 3. The Labute approximate surface area is 394 Å². The molecule has 10 unspecified atom stereocenters. The Bertz CT molecular complexity index is 2690. The van der Waals surface area contributed by atoms with E-state index >= 15 is 4.79 Å². The zero-order chi connectivity index (χ0) is 49.5. The van der Waals surface area contributed by atoms with Crippen LogP contribution in [-0.2, 0) is 30.8 Å². The Morgan fingerprint density at radius 2 is 1.03 bits per heavy atom. The fraction of sp³-hybridized carbons (Fsp3) is 0.264. The average Bonchev–Trinajstić information content (AvgIpc) is 3.33. The van der Waals surface area contributed by atoms with E-state index in [1.165, 1.54) is 43.3 Å². The second-order valence-corrected chi connectivity index (χ2v) is 17.8. The van der Waals surface area contributed by atoms with Crippen molar-refractivity contribution in [3.05, 3.63) is 226 Å². The molecule has 0 saturated heterocycles. The highest BCUT2D eigenvalue weighted by atomic mass is 16.4. The number of carboxylic acids is 2. The van der Waals surface area contributed by atoms with Crippen molar-refractivity contribution in [1.82, 2.24) is 0 Å². The first-order valence-corrected chi connectivity index (χ1v) is 22.0. The third-order valence-corrected chi connectivity index (χ3v) is 13.7. The number of aliphatic hydroxyl groups excluding tert-OH is 1. The first-order chi connectivity index (χ1) is 32.3. The minimum Gasteiger partial charge on any atom is -0.481 e. The number of azide groups is 1. The molecule has 15 heteroatoms. The Morgan fingerprint density at radius 1 is 0.632 bits per heavy atom. The van der Waals surface area contributed by atoms with Crippen molar-refractivity contribution in [2.24, 2.45) is 39.7 Å². The van der Waals surface area contributed by atoms with Crippen LogP contribution in [0.3, 0.4) is 0 Å². The number of rotatable bonds is 20. The Hall–Kier alpha value is -7.04. The van der Waals surface area contributed by atoms with Gasteiger partial charge in [-0.05, 0) is 64.3 Å². The van der Waals surface area contributed by atoms with Gasteiger partial charge in [-0.2, -0.15) is 0 Å². The van der Waals surface area contributed by atoms with Gasteiger partial charge in [0, 0.05) is 22.8 Å². The molecule has 0 fully saturated rings. The molecule has 10 atom stereocenters. The first-order valence-electron chi connectivity index (χ1n) is 22.0. The number of aliphatic carboxylic acids is 2. The van der Waals surface area contributed by atoms with Crippen molar-refractivity contribution in [3.8, 4) is 0 Å².